The lowest BCUT2D eigenvalue weighted by molar-refractivity contribution is -0.298. The number of halogens is 8. The van der Waals surface area contributed by atoms with Crippen LogP contribution in [0.25, 0.3) is 0 Å². The van der Waals surface area contributed by atoms with E-state index >= 15 is 0 Å². The van der Waals surface area contributed by atoms with E-state index < -0.39 is 80.3 Å². The van der Waals surface area contributed by atoms with Gasteiger partial charge in [-0.25, -0.2) is 16.8 Å². The molecule has 178 valence electrons. The third-order valence-electron chi connectivity index (χ3n) is 4.91. The lowest BCUT2D eigenvalue weighted by Gasteiger charge is -2.46. The molecule has 2 atom stereocenters. The summed E-state index contributed by atoms with van der Waals surface area (Å²) in [4.78, 5) is -6.79. The summed E-state index contributed by atoms with van der Waals surface area (Å²) in [7, 11) is -8.79. The number of nitrogens with two attached hydrogens (primary N) is 1. The molecule has 17 heteroatoms. The maximum absolute atomic E-state index is 14.4. The Morgan fingerprint density at radius 3 is 1.84 bits per heavy atom. The monoisotopic (exact) mass is 521 g/mol. The van der Waals surface area contributed by atoms with Gasteiger partial charge in [0.15, 0.2) is 30.1 Å². The van der Waals surface area contributed by atoms with E-state index in [-0.39, 0.29) is 6.07 Å². The van der Waals surface area contributed by atoms with E-state index in [2.05, 4.69) is 0 Å². The molecule has 1 fully saturated rings. The third-order valence-corrected chi connectivity index (χ3v) is 7.97. The number of alkyl halides is 7. The van der Waals surface area contributed by atoms with Crippen LogP contribution in [-0.2, 0) is 25.2 Å². The maximum Gasteiger partial charge on any atom is 0.414 e. The topological polar surface area (TPSA) is 101 Å². The fraction of sp³-hybridized carbons (Fsp3) is 0.571. The van der Waals surface area contributed by atoms with Crippen LogP contribution in [0.1, 0.15) is 5.56 Å². The lowest BCUT2D eigenvalue weighted by Crippen LogP contribution is -2.67. The first kappa shape index (κ1) is 25.9. The molecule has 0 aliphatic carbocycles. The second kappa shape index (κ2) is 7.07. The van der Waals surface area contributed by atoms with Crippen LogP contribution in [0.15, 0.2) is 21.9 Å². The lowest BCUT2D eigenvalue weighted by atomic mass is 9.76. The number of benzene rings is 1. The van der Waals surface area contributed by atoms with E-state index in [9.17, 15) is 47.7 Å². The average Bonchev–Trinajstić information content (AvgIpc) is 2.72. The SMILES string of the molecule is CN1N(F)CC(Cl)(C(F)(F)F)C1(c1ccc(S(C)(=O)=O)c(S(C)(=O)=O)c1N)C(F)(F)F. The molecule has 0 saturated carbocycles. The van der Waals surface area contributed by atoms with Gasteiger partial charge in [-0.3, -0.25) is 0 Å². The summed E-state index contributed by atoms with van der Waals surface area (Å²) in [6, 6.07) is 0.597. The van der Waals surface area contributed by atoms with Gasteiger partial charge in [0.1, 0.15) is 4.90 Å². The zero-order valence-electron chi connectivity index (χ0n) is 15.8. The standard InChI is InChI=1S/C14H15ClF7N3O4S2/c1-24-12(14(19,20)21,11(15,6-25(24)22)13(16,17)18)7-4-5-8(30(2,26)27)10(9(7)23)31(3,28)29/h4-5H,6,23H2,1-3H3. The highest BCUT2D eigenvalue weighted by Gasteiger charge is 2.83. The summed E-state index contributed by atoms with van der Waals surface area (Å²) in [6.45, 7) is -2.02. The molecule has 1 saturated heterocycles. The number of sulfone groups is 2. The molecule has 0 aromatic heterocycles. The van der Waals surface area contributed by atoms with E-state index in [0.29, 0.717) is 25.6 Å². The average molecular weight is 522 g/mol. The molecular weight excluding hydrogens is 507 g/mol. The van der Waals surface area contributed by atoms with Gasteiger partial charge in [-0.2, -0.15) is 31.4 Å². The van der Waals surface area contributed by atoms with Gasteiger partial charge in [0, 0.05) is 25.1 Å². The number of hydrogen-bond acceptors (Lipinski definition) is 7. The molecule has 0 spiro atoms. The molecule has 1 aromatic carbocycles. The van der Waals surface area contributed by atoms with Crippen molar-refractivity contribution in [3.63, 3.8) is 0 Å². The fourth-order valence-electron chi connectivity index (χ4n) is 3.63. The van der Waals surface area contributed by atoms with Gasteiger partial charge >= 0.3 is 12.4 Å². The van der Waals surface area contributed by atoms with Crippen molar-refractivity contribution in [1.29, 1.82) is 0 Å². The van der Waals surface area contributed by atoms with Crippen LogP contribution in [0.3, 0.4) is 0 Å². The number of hydrazine groups is 1. The van der Waals surface area contributed by atoms with Crippen molar-refractivity contribution >= 4 is 37.0 Å². The number of hydrogen-bond donors (Lipinski definition) is 1. The first-order valence-corrected chi connectivity index (χ1v) is 12.0. The Balaban J connectivity index is 3.19. The van der Waals surface area contributed by atoms with Crippen molar-refractivity contribution in [2.75, 3.05) is 31.8 Å². The zero-order valence-corrected chi connectivity index (χ0v) is 18.2. The predicted octanol–water partition coefficient (Wildman–Crippen LogP) is 2.42. The number of rotatable bonds is 3. The van der Waals surface area contributed by atoms with Gasteiger partial charge in [0.2, 0.25) is 0 Å². The van der Waals surface area contributed by atoms with Gasteiger partial charge in [0.05, 0.1) is 17.1 Å². The molecule has 2 unspecified atom stereocenters. The second-order valence-corrected chi connectivity index (χ2v) is 11.5. The number of nitrogen functional groups attached to an aromatic ring is 1. The molecule has 7 nitrogen and oxygen atoms in total. The van der Waals surface area contributed by atoms with Crippen molar-refractivity contribution in [3.05, 3.63) is 17.7 Å². The summed E-state index contributed by atoms with van der Waals surface area (Å²) < 4.78 is 147. The molecule has 1 heterocycles. The van der Waals surface area contributed by atoms with E-state index in [1.807, 2.05) is 0 Å². The van der Waals surface area contributed by atoms with Crippen molar-refractivity contribution in [1.82, 2.24) is 10.2 Å². The first-order chi connectivity index (χ1) is 13.5. The molecule has 0 radical (unpaired) electrons. The van der Waals surface area contributed by atoms with E-state index in [1.54, 1.807) is 0 Å². The van der Waals surface area contributed by atoms with Crippen LogP contribution >= 0.6 is 11.6 Å². The van der Waals surface area contributed by atoms with Gasteiger partial charge in [0.25, 0.3) is 0 Å². The molecule has 1 aliphatic heterocycles. The van der Waals surface area contributed by atoms with Crippen molar-refractivity contribution in [2.45, 2.75) is 32.6 Å². The summed E-state index contributed by atoms with van der Waals surface area (Å²) in [5.41, 5.74) is -1.93. The largest absolute Gasteiger partial charge is 0.414 e. The van der Waals surface area contributed by atoms with Crippen LogP contribution < -0.4 is 5.73 Å². The molecule has 1 aromatic rings. The molecule has 2 rings (SSSR count). The minimum absolute atomic E-state index is 0.242. The van der Waals surface area contributed by atoms with Gasteiger partial charge in [-0.05, 0) is 6.07 Å². The highest BCUT2D eigenvalue weighted by Crippen LogP contribution is 2.64. The highest BCUT2D eigenvalue weighted by molar-refractivity contribution is 7.94. The van der Waals surface area contributed by atoms with Crippen LogP contribution in [-0.4, -0.2) is 70.4 Å². The minimum Gasteiger partial charge on any atom is -0.397 e. The van der Waals surface area contributed by atoms with Crippen LogP contribution in [0, 0.1) is 0 Å². The smallest absolute Gasteiger partial charge is 0.397 e. The Morgan fingerprint density at radius 1 is 1.00 bits per heavy atom. The van der Waals surface area contributed by atoms with Gasteiger partial charge in [-0.15, -0.1) is 16.1 Å². The Labute approximate surface area is 177 Å². The predicted molar refractivity (Wildman–Crippen MR) is 95.0 cm³/mol. The molecule has 31 heavy (non-hydrogen) atoms. The number of nitrogens with zero attached hydrogens (tertiary/aromatic N) is 2. The molecule has 2 N–H and O–H groups in total. The Morgan fingerprint density at radius 2 is 1.48 bits per heavy atom. The van der Waals surface area contributed by atoms with E-state index in [0.717, 1.165) is 0 Å². The van der Waals surface area contributed by atoms with E-state index in [4.69, 9.17) is 17.3 Å². The molecule has 1 aliphatic rings. The fourth-order valence-corrected chi connectivity index (χ4v) is 6.68. The highest BCUT2D eigenvalue weighted by atomic mass is 35.5. The van der Waals surface area contributed by atoms with Crippen molar-refractivity contribution < 1.29 is 47.7 Å². The Kier molecular flexibility index (Phi) is 5.90. The first-order valence-electron chi connectivity index (χ1n) is 7.87. The summed E-state index contributed by atoms with van der Waals surface area (Å²) in [5.74, 6) is 0. The van der Waals surface area contributed by atoms with Crippen LogP contribution in [0.2, 0.25) is 0 Å². The minimum atomic E-state index is -5.98. The van der Waals surface area contributed by atoms with E-state index in [1.165, 1.54) is 0 Å². The molecule has 0 bridgehead atoms. The maximum atomic E-state index is 14.4. The van der Waals surface area contributed by atoms with Gasteiger partial charge in [-0.1, -0.05) is 11.3 Å². The van der Waals surface area contributed by atoms with Gasteiger partial charge < -0.3 is 5.73 Å². The van der Waals surface area contributed by atoms with Crippen LogP contribution in [0.4, 0.5) is 36.5 Å². The summed E-state index contributed by atoms with van der Waals surface area (Å²) in [5, 5.41) is -1.43. The molecular formula is C14H15ClF7N3O4S2. The summed E-state index contributed by atoms with van der Waals surface area (Å²) >= 11 is 5.46. The zero-order chi connectivity index (χ0) is 24.6. The van der Waals surface area contributed by atoms with Crippen molar-refractivity contribution in [2.24, 2.45) is 0 Å². The Hall–Kier alpha value is -1.36. The third kappa shape index (κ3) is 3.55. The second-order valence-electron chi connectivity index (χ2n) is 6.92. The Bertz CT molecular complexity index is 1120. The summed E-state index contributed by atoms with van der Waals surface area (Å²) in [6.07, 6.45) is -10.9. The number of anilines is 1. The molecule has 0 amide bonds. The normalized spacial score (nSPS) is 27.1. The van der Waals surface area contributed by atoms with Crippen molar-refractivity contribution in [3.8, 4) is 0 Å². The van der Waals surface area contributed by atoms with Crippen LogP contribution in [0.5, 0.6) is 0 Å². The quantitative estimate of drug-likeness (QED) is 0.282.